The van der Waals surface area contributed by atoms with E-state index in [-0.39, 0.29) is 0 Å². The molecular formula is C11H11N3O3. The van der Waals surface area contributed by atoms with E-state index in [0.717, 1.165) is 6.34 Å². The van der Waals surface area contributed by atoms with Crippen molar-refractivity contribution in [3.63, 3.8) is 0 Å². The molecule has 88 valence electrons. The van der Waals surface area contributed by atoms with Crippen molar-refractivity contribution >= 4 is 23.8 Å². The van der Waals surface area contributed by atoms with E-state index in [9.17, 15) is 14.7 Å². The van der Waals surface area contributed by atoms with E-state index >= 15 is 0 Å². The Morgan fingerprint density at radius 3 is 2.71 bits per heavy atom. The van der Waals surface area contributed by atoms with Crippen molar-refractivity contribution in [3.05, 3.63) is 30.3 Å². The van der Waals surface area contributed by atoms with Gasteiger partial charge in [-0.2, -0.15) is 0 Å². The first-order valence-electron chi connectivity index (χ1n) is 5.05. The summed E-state index contributed by atoms with van der Waals surface area (Å²) in [7, 11) is 0. The fourth-order valence-corrected chi connectivity index (χ4v) is 1.49. The third-order valence-electron chi connectivity index (χ3n) is 2.34. The summed E-state index contributed by atoms with van der Waals surface area (Å²) in [6.45, 7) is 0. The number of amides is 2. The number of anilines is 1. The lowest BCUT2D eigenvalue weighted by molar-refractivity contribution is -0.136. The lowest BCUT2D eigenvalue weighted by Crippen LogP contribution is -2.48. The Labute approximate surface area is 97.4 Å². The second kappa shape index (κ2) is 4.75. The molecule has 0 bridgehead atoms. The first-order chi connectivity index (χ1) is 8.18. The minimum absolute atomic E-state index is 0.562. The van der Waals surface area contributed by atoms with Crippen LogP contribution in [0.3, 0.4) is 0 Å². The average molecular weight is 233 g/mol. The van der Waals surface area contributed by atoms with Crippen LogP contribution in [0.25, 0.3) is 0 Å². The van der Waals surface area contributed by atoms with Crippen LogP contribution in [0.5, 0.6) is 0 Å². The number of hydrogen-bond acceptors (Lipinski definition) is 4. The highest BCUT2D eigenvalue weighted by molar-refractivity contribution is 6.09. The molecule has 0 spiro atoms. The highest BCUT2D eigenvalue weighted by Gasteiger charge is 2.35. The monoisotopic (exact) mass is 233 g/mol. The van der Waals surface area contributed by atoms with Gasteiger partial charge in [0.15, 0.2) is 5.92 Å². The summed E-state index contributed by atoms with van der Waals surface area (Å²) in [5.74, 6) is -2.47. The summed E-state index contributed by atoms with van der Waals surface area (Å²) in [6.07, 6.45) is -0.164. The number of nitrogens with zero attached hydrogens (tertiary/aromatic N) is 1. The fraction of sp³-hybridized carbons (Fsp3) is 0.182. The second-order valence-corrected chi connectivity index (χ2v) is 3.54. The molecule has 6 nitrogen and oxygen atoms in total. The summed E-state index contributed by atoms with van der Waals surface area (Å²) >= 11 is 0. The molecule has 3 N–H and O–H groups in total. The van der Waals surface area contributed by atoms with Crippen molar-refractivity contribution in [1.29, 1.82) is 0 Å². The topological polar surface area (TPSA) is 90.8 Å². The molecule has 2 rings (SSSR count). The number of aliphatic hydroxyl groups excluding tert-OH is 1. The molecule has 0 fully saturated rings. The summed E-state index contributed by atoms with van der Waals surface area (Å²) in [5.41, 5.74) is 0.562. The first kappa shape index (κ1) is 11.3. The van der Waals surface area contributed by atoms with Gasteiger partial charge in [0.05, 0.1) is 6.34 Å². The third-order valence-corrected chi connectivity index (χ3v) is 2.34. The van der Waals surface area contributed by atoms with Crippen molar-refractivity contribution in [1.82, 2.24) is 5.32 Å². The number of carbonyl (C=O) groups excluding carboxylic acids is 2. The van der Waals surface area contributed by atoms with Gasteiger partial charge in [-0.25, -0.2) is 4.99 Å². The second-order valence-electron chi connectivity index (χ2n) is 3.54. The predicted octanol–water partition coefficient (Wildman–Crippen LogP) is -0.282. The maximum absolute atomic E-state index is 11.8. The van der Waals surface area contributed by atoms with Crippen LogP contribution in [0.15, 0.2) is 35.3 Å². The Hall–Kier alpha value is -2.21. The van der Waals surface area contributed by atoms with Crippen LogP contribution in [0.2, 0.25) is 0 Å². The molecule has 0 radical (unpaired) electrons. The Balaban J connectivity index is 2.10. The van der Waals surface area contributed by atoms with E-state index in [4.69, 9.17) is 0 Å². The highest BCUT2D eigenvalue weighted by Crippen LogP contribution is 2.12. The van der Waals surface area contributed by atoms with Gasteiger partial charge in [-0.05, 0) is 12.1 Å². The van der Waals surface area contributed by atoms with Gasteiger partial charge in [-0.3, -0.25) is 9.59 Å². The zero-order chi connectivity index (χ0) is 12.3. The number of rotatable bonds is 2. The number of aliphatic hydroxyl groups is 1. The summed E-state index contributed by atoms with van der Waals surface area (Å²) < 4.78 is 0. The Morgan fingerprint density at radius 2 is 2.06 bits per heavy atom. The predicted molar refractivity (Wildman–Crippen MR) is 61.2 cm³/mol. The number of nitrogens with one attached hydrogen (secondary N) is 2. The number of carbonyl (C=O) groups is 2. The SMILES string of the molecule is O=C1N=CNC(O)C1C(=O)Nc1ccccc1. The van der Waals surface area contributed by atoms with Crippen molar-refractivity contribution in [2.24, 2.45) is 10.9 Å². The van der Waals surface area contributed by atoms with Gasteiger partial charge in [-0.15, -0.1) is 0 Å². The van der Waals surface area contributed by atoms with E-state index in [1.165, 1.54) is 0 Å². The minimum atomic E-state index is -1.25. The standard InChI is InChI=1S/C11H11N3O3/c15-9-8(10(16)13-6-12-9)11(17)14-7-4-2-1-3-5-7/h1-6,8-9,15H,(H,14,17)(H,12,13,16). The first-order valence-corrected chi connectivity index (χ1v) is 5.05. The summed E-state index contributed by atoms with van der Waals surface area (Å²) in [5, 5.41) is 14.5. The molecule has 0 saturated carbocycles. The largest absolute Gasteiger partial charge is 0.372 e. The van der Waals surface area contributed by atoms with Crippen LogP contribution in [0.1, 0.15) is 0 Å². The molecule has 0 aliphatic carbocycles. The third kappa shape index (κ3) is 2.48. The number of para-hydroxylation sites is 1. The smallest absolute Gasteiger partial charge is 0.264 e. The van der Waals surface area contributed by atoms with E-state index in [0.29, 0.717) is 5.69 Å². The van der Waals surface area contributed by atoms with E-state index in [1.807, 2.05) is 6.07 Å². The van der Waals surface area contributed by atoms with E-state index in [1.54, 1.807) is 24.3 Å². The number of aliphatic imine (C=N–C) groups is 1. The van der Waals surface area contributed by atoms with Gasteiger partial charge < -0.3 is 15.7 Å². The van der Waals surface area contributed by atoms with Crippen molar-refractivity contribution in [2.75, 3.05) is 5.32 Å². The Kier molecular flexibility index (Phi) is 3.15. The molecule has 6 heteroatoms. The zero-order valence-electron chi connectivity index (χ0n) is 8.83. The maximum Gasteiger partial charge on any atom is 0.264 e. The van der Waals surface area contributed by atoms with Crippen molar-refractivity contribution in [3.8, 4) is 0 Å². The molecule has 2 amide bonds. The van der Waals surface area contributed by atoms with Gasteiger partial charge in [0.2, 0.25) is 5.91 Å². The molecule has 2 unspecified atom stereocenters. The van der Waals surface area contributed by atoms with Crippen LogP contribution in [0, 0.1) is 5.92 Å². The average Bonchev–Trinajstić information content (AvgIpc) is 2.30. The molecular weight excluding hydrogens is 222 g/mol. The maximum atomic E-state index is 11.8. The molecule has 2 atom stereocenters. The molecule has 17 heavy (non-hydrogen) atoms. The minimum Gasteiger partial charge on any atom is -0.372 e. The molecule has 1 heterocycles. The van der Waals surface area contributed by atoms with Crippen molar-refractivity contribution in [2.45, 2.75) is 6.23 Å². The van der Waals surface area contributed by atoms with Crippen LogP contribution < -0.4 is 10.6 Å². The van der Waals surface area contributed by atoms with Crippen LogP contribution in [0.4, 0.5) is 5.69 Å². The lowest BCUT2D eigenvalue weighted by atomic mass is 10.1. The molecule has 0 saturated heterocycles. The zero-order valence-corrected chi connectivity index (χ0v) is 8.83. The summed E-state index contributed by atoms with van der Waals surface area (Å²) in [4.78, 5) is 26.6. The highest BCUT2D eigenvalue weighted by atomic mass is 16.3. The Morgan fingerprint density at radius 1 is 1.35 bits per heavy atom. The summed E-state index contributed by atoms with van der Waals surface area (Å²) in [6, 6.07) is 8.70. The normalized spacial score (nSPS) is 23.0. The Bertz CT molecular complexity index is 458. The quantitative estimate of drug-likeness (QED) is 0.612. The van der Waals surface area contributed by atoms with E-state index < -0.39 is 24.0 Å². The van der Waals surface area contributed by atoms with Crippen LogP contribution >= 0.6 is 0 Å². The molecule has 1 aliphatic heterocycles. The van der Waals surface area contributed by atoms with Crippen LogP contribution in [-0.2, 0) is 9.59 Å². The lowest BCUT2D eigenvalue weighted by Gasteiger charge is -2.22. The van der Waals surface area contributed by atoms with E-state index in [2.05, 4.69) is 15.6 Å². The fourth-order valence-electron chi connectivity index (χ4n) is 1.49. The molecule has 1 aliphatic rings. The van der Waals surface area contributed by atoms with Gasteiger partial charge in [0, 0.05) is 5.69 Å². The van der Waals surface area contributed by atoms with Gasteiger partial charge in [0.25, 0.3) is 5.91 Å². The van der Waals surface area contributed by atoms with Gasteiger partial charge in [0.1, 0.15) is 6.23 Å². The molecule has 0 aromatic heterocycles. The van der Waals surface area contributed by atoms with Crippen LogP contribution in [-0.4, -0.2) is 29.5 Å². The number of benzene rings is 1. The van der Waals surface area contributed by atoms with Gasteiger partial charge in [-0.1, -0.05) is 18.2 Å². The van der Waals surface area contributed by atoms with Gasteiger partial charge >= 0.3 is 0 Å². The van der Waals surface area contributed by atoms with Crippen molar-refractivity contribution < 1.29 is 14.7 Å². The molecule has 1 aromatic carbocycles. The number of hydrogen-bond donors (Lipinski definition) is 3. The molecule has 1 aromatic rings.